The van der Waals surface area contributed by atoms with E-state index in [0.717, 1.165) is 23.6 Å². The van der Waals surface area contributed by atoms with Gasteiger partial charge in [0, 0.05) is 12.8 Å². The fourth-order valence-corrected chi connectivity index (χ4v) is 3.85. The van der Waals surface area contributed by atoms with Crippen LogP contribution in [0.25, 0.3) is 0 Å². The van der Waals surface area contributed by atoms with Gasteiger partial charge in [-0.15, -0.1) is 0 Å². The monoisotopic (exact) mass is 417 g/mol. The Bertz CT molecular complexity index is 542. The van der Waals surface area contributed by atoms with Crippen molar-refractivity contribution in [2.75, 3.05) is 20.8 Å². The first kappa shape index (κ1) is 26.5. The van der Waals surface area contributed by atoms with Crippen LogP contribution in [-0.2, 0) is 0 Å². The van der Waals surface area contributed by atoms with Crippen molar-refractivity contribution in [2.24, 2.45) is 4.99 Å². The number of hydrogen-bond acceptors (Lipinski definition) is 3. The van der Waals surface area contributed by atoms with E-state index in [2.05, 4.69) is 11.9 Å². The van der Waals surface area contributed by atoms with Crippen molar-refractivity contribution in [2.45, 2.75) is 110 Å². The number of benzene rings is 1. The molecule has 0 spiro atoms. The third kappa shape index (κ3) is 13.7. The molecule has 1 rings (SSSR count). The van der Waals surface area contributed by atoms with Gasteiger partial charge >= 0.3 is 0 Å². The highest BCUT2D eigenvalue weighted by Gasteiger charge is 2.02. The molecular formula is C27H47NO2. The van der Waals surface area contributed by atoms with E-state index in [9.17, 15) is 0 Å². The Morgan fingerprint density at radius 2 is 1.10 bits per heavy atom. The average Bonchev–Trinajstić information content (AvgIpc) is 2.78. The number of methoxy groups -OCH3 is 2. The summed E-state index contributed by atoms with van der Waals surface area (Å²) in [6.07, 6.45) is 24.4. The molecule has 0 heterocycles. The van der Waals surface area contributed by atoms with Crippen molar-refractivity contribution in [1.82, 2.24) is 0 Å². The number of ether oxygens (including phenoxy) is 2. The van der Waals surface area contributed by atoms with Crippen molar-refractivity contribution in [3.8, 4) is 11.5 Å². The van der Waals surface area contributed by atoms with Crippen molar-refractivity contribution in [1.29, 1.82) is 0 Å². The van der Waals surface area contributed by atoms with Crippen molar-refractivity contribution < 1.29 is 9.47 Å². The molecule has 0 aromatic heterocycles. The predicted octanol–water partition coefficient (Wildman–Crippen LogP) is 8.38. The van der Waals surface area contributed by atoms with E-state index in [-0.39, 0.29) is 0 Å². The zero-order chi connectivity index (χ0) is 21.7. The Kier molecular flexibility index (Phi) is 17.2. The smallest absolute Gasteiger partial charge is 0.161 e. The van der Waals surface area contributed by atoms with E-state index in [1.165, 1.54) is 103 Å². The molecule has 0 N–H and O–H groups in total. The zero-order valence-electron chi connectivity index (χ0n) is 20.1. The lowest BCUT2D eigenvalue weighted by Gasteiger charge is -2.07. The standard InChI is InChI=1S/C27H47NO2/c1-4-5-6-7-8-9-10-11-12-13-14-15-16-17-18-19-22-28-24-25-20-21-26(29-2)27(23-25)30-3/h20-21,23-24H,4-19,22H2,1-3H3. The summed E-state index contributed by atoms with van der Waals surface area (Å²) < 4.78 is 10.6. The summed E-state index contributed by atoms with van der Waals surface area (Å²) in [6.45, 7) is 3.20. The van der Waals surface area contributed by atoms with E-state index in [0.29, 0.717) is 0 Å². The van der Waals surface area contributed by atoms with Crippen LogP contribution in [0.4, 0.5) is 0 Å². The van der Waals surface area contributed by atoms with Crippen LogP contribution in [0.2, 0.25) is 0 Å². The van der Waals surface area contributed by atoms with Gasteiger partial charge in [0.1, 0.15) is 0 Å². The summed E-state index contributed by atoms with van der Waals surface area (Å²) >= 11 is 0. The molecule has 1 aromatic carbocycles. The molecule has 30 heavy (non-hydrogen) atoms. The lowest BCUT2D eigenvalue weighted by Crippen LogP contribution is -1.92. The Morgan fingerprint density at radius 3 is 1.57 bits per heavy atom. The van der Waals surface area contributed by atoms with Gasteiger partial charge in [0.25, 0.3) is 0 Å². The van der Waals surface area contributed by atoms with E-state index in [1.54, 1.807) is 14.2 Å². The summed E-state index contributed by atoms with van der Waals surface area (Å²) in [5.74, 6) is 1.51. The van der Waals surface area contributed by atoms with Crippen LogP contribution in [-0.4, -0.2) is 27.0 Å². The molecule has 0 aliphatic rings. The van der Waals surface area contributed by atoms with Gasteiger partial charge < -0.3 is 9.47 Å². The van der Waals surface area contributed by atoms with E-state index in [4.69, 9.17) is 9.47 Å². The zero-order valence-corrected chi connectivity index (χ0v) is 20.1. The van der Waals surface area contributed by atoms with E-state index >= 15 is 0 Å². The SMILES string of the molecule is CCCCCCCCCCCCCCCCCCN=Cc1ccc(OC)c(OC)c1. The van der Waals surface area contributed by atoms with Crippen LogP contribution in [0, 0.1) is 0 Å². The minimum absolute atomic E-state index is 0.754. The Hall–Kier alpha value is -1.51. The molecule has 3 heteroatoms. The first-order valence-corrected chi connectivity index (χ1v) is 12.5. The van der Waals surface area contributed by atoms with Crippen molar-refractivity contribution in [3.05, 3.63) is 23.8 Å². The summed E-state index contributed by atoms with van der Waals surface area (Å²) in [5.41, 5.74) is 1.06. The van der Waals surface area contributed by atoms with Crippen LogP contribution in [0.1, 0.15) is 115 Å². The van der Waals surface area contributed by atoms with E-state index in [1.807, 2.05) is 24.4 Å². The van der Waals surface area contributed by atoms with Crippen molar-refractivity contribution >= 4 is 6.21 Å². The van der Waals surface area contributed by atoms with Gasteiger partial charge in [-0.2, -0.15) is 0 Å². The molecule has 0 saturated heterocycles. The summed E-state index contributed by atoms with van der Waals surface area (Å²) in [4.78, 5) is 4.55. The minimum atomic E-state index is 0.754. The molecule has 1 aromatic rings. The summed E-state index contributed by atoms with van der Waals surface area (Å²) in [6, 6.07) is 5.91. The number of nitrogens with zero attached hydrogens (tertiary/aromatic N) is 1. The lowest BCUT2D eigenvalue weighted by atomic mass is 10.0. The van der Waals surface area contributed by atoms with Gasteiger partial charge in [-0.05, 0) is 30.2 Å². The second-order valence-electron chi connectivity index (χ2n) is 8.45. The third-order valence-corrected chi connectivity index (χ3v) is 5.79. The molecular weight excluding hydrogens is 370 g/mol. The van der Waals surface area contributed by atoms with Crippen molar-refractivity contribution in [3.63, 3.8) is 0 Å². The molecule has 0 unspecified atom stereocenters. The second kappa shape index (κ2) is 19.5. The highest BCUT2D eigenvalue weighted by Crippen LogP contribution is 2.26. The summed E-state index contributed by atoms with van der Waals surface area (Å²) in [5, 5.41) is 0. The van der Waals surface area contributed by atoms with Gasteiger partial charge in [0.2, 0.25) is 0 Å². The maximum Gasteiger partial charge on any atom is 0.161 e. The Labute approximate surface area is 186 Å². The van der Waals surface area contributed by atoms with Crippen LogP contribution in [0.3, 0.4) is 0 Å². The molecule has 3 nitrogen and oxygen atoms in total. The molecule has 0 fully saturated rings. The normalized spacial score (nSPS) is 11.3. The van der Waals surface area contributed by atoms with Gasteiger partial charge in [0.05, 0.1) is 14.2 Å². The second-order valence-corrected chi connectivity index (χ2v) is 8.45. The number of unbranched alkanes of at least 4 members (excludes halogenated alkanes) is 15. The van der Waals surface area contributed by atoms with Gasteiger partial charge in [0.15, 0.2) is 11.5 Å². The molecule has 0 radical (unpaired) electrons. The molecule has 0 saturated carbocycles. The summed E-state index contributed by atoms with van der Waals surface area (Å²) in [7, 11) is 3.32. The number of aliphatic imine (C=N–C) groups is 1. The van der Waals surface area contributed by atoms with Crippen LogP contribution in [0.15, 0.2) is 23.2 Å². The Morgan fingerprint density at radius 1 is 0.633 bits per heavy atom. The highest BCUT2D eigenvalue weighted by atomic mass is 16.5. The van der Waals surface area contributed by atoms with Gasteiger partial charge in [-0.25, -0.2) is 0 Å². The fraction of sp³-hybridized carbons (Fsp3) is 0.741. The quantitative estimate of drug-likeness (QED) is 0.157. The number of rotatable bonds is 20. The number of hydrogen-bond donors (Lipinski definition) is 0. The third-order valence-electron chi connectivity index (χ3n) is 5.79. The predicted molar refractivity (Wildman–Crippen MR) is 132 cm³/mol. The highest BCUT2D eigenvalue weighted by molar-refractivity contribution is 5.80. The van der Waals surface area contributed by atoms with E-state index < -0.39 is 0 Å². The molecule has 172 valence electrons. The molecule has 0 amide bonds. The fourth-order valence-electron chi connectivity index (χ4n) is 3.85. The minimum Gasteiger partial charge on any atom is -0.493 e. The van der Waals surface area contributed by atoms with Gasteiger partial charge in [-0.3, -0.25) is 4.99 Å². The topological polar surface area (TPSA) is 30.8 Å². The largest absolute Gasteiger partial charge is 0.493 e. The molecule has 0 aliphatic carbocycles. The maximum absolute atomic E-state index is 5.33. The first-order chi connectivity index (χ1) is 14.8. The lowest BCUT2D eigenvalue weighted by molar-refractivity contribution is 0.355. The molecule has 0 bridgehead atoms. The molecule has 0 aliphatic heterocycles. The van der Waals surface area contributed by atoms with Crippen LogP contribution >= 0.6 is 0 Å². The first-order valence-electron chi connectivity index (χ1n) is 12.5. The maximum atomic E-state index is 5.33. The van der Waals surface area contributed by atoms with Crippen LogP contribution in [0.5, 0.6) is 11.5 Å². The average molecular weight is 418 g/mol. The van der Waals surface area contributed by atoms with Crippen LogP contribution < -0.4 is 9.47 Å². The van der Waals surface area contributed by atoms with Gasteiger partial charge in [-0.1, -0.05) is 103 Å². The molecule has 0 atom stereocenters. The Balaban J connectivity index is 1.88.